The highest BCUT2D eigenvalue weighted by atomic mass is 16.3. The van der Waals surface area contributed by atoms with Crippen molar-refractivity contribution >= 4 is 17.7 Å². The van der Waals surface area contributed by atoms with Gasteiger partial charge in [-0.05, 0) is 49.1 Å². The summed E-state index contributed by atoms with van der Waals surface area (Å²) in [5.41, 5.74) is 1.23. The van der Waals surface area contributed by atoms with Gasteiger partial charge in [0.15, 0.2) is 0 Å². The first-order valence-electron chi connectivity index (χ1n) is 7.95. The van der Waals surface area contributed by atoms with Crippen molar-refractivity contribution in [1.29, 1.82) is 0 Å². The fourth-order valence-corrected chi connectivity index (χ4v) is 2.80. The summed E-state index contributed by atoms with van der Waals surface area (Å²) in [6.45, 7) is 2.77. The molecule has 1 saturated heterocycles. The van der Waals surface area contributed by atoms with Crippen molar-refractivity contribution in [1.82, 2.24) is 10.3 Å². The Morgan fingerprint density at radius 2 is 2.09 bits per heavy atom. The Labute approximate surface area is 136 Å². The fraction of sp³-hybridized carbons (Fsp3) is 0.333. The predicted octanol–water partition coefficient (Wildman–Crippen LogP) is 2.72. The molecule has 0 spiro atoms. The van der Waals surface area contributed by atoms with Gasteiger partial charge in [-0.2, -0.15) is 0 Å². The van der Waals surface area contributed by atoms with E-state index in [0.717, 1.165) is 32.5 Å². The second-order valence-corrected chi connectivity index (χ2v) is 5.73. The Hall–Kier alpha value is -2.56. The van der Waals surface area contributed by atoms with Gasteiger partial charge in [0.25, 0.3) is 0 Å². The number of carbonyl (C=O) groups excluding carboxylic acids is 1. The Bertz CT molecular complexity index is 630. The molecule has 2 aromatic heterocycles. The molecule has 0 aliphatic carbocycles. The van der Waals surface area contributed by atoms with Crippen LogP contribution in [0.25, 0.3) is 6.08 Å². The van der Waals surface area contributed by atoms with Gasteiger partial charge < -0.3 is 14.6 Å². The summed E-state index contributed by atoms with van der Waals surface area (Å²) >= 11 is 0. The molecule has 3 heterocycles. The van der Waals surface area contributed by atoms with Gasteiger partial charge in [-0.15, -0.1) is 0 Å². The number of carbonyl (C=O) groups is 1. The number of rotatable bonds is 5. The monoisotopic (exact) mass is 311 g/mol. The number of pyridine rings is 1. The van der Waals surface area contributed by atoms with Crippen molar-refractivity contribution < 1.29 is 9.21 Å². The van der Waals surface area contributed by atoms with Crippen LogP contribution in [0.2, 0.25) is 0 Å². The molecule has 0 aromatic carbocycles. The Balaban J connectivity index is 1.40. The second kappa shape index (κ2) is 7.63. The lowest BCUT2D eigenvalue weighted by Crippen LogP contribution is -2.38. The third kappa shape index (κ3) is 4.45. The summed E-state index contributed by atoms with van der Waals surface area (Å²) in [5.74, 6) is 1.15. The van der Waals surface area contributed by atoms with Crippen LogP contribution in [0.15, 0.2) is 53.4 Å². The number of hydrogen-bond acceptors (Lipinski definition) is 4. The Kier molecular flexibility index (Phi) is 5.09. The number of anilines is 1. The van der Waals surface area contributed by atoms with Crippen LogP contribution in [0.3, 0.4) is 0 Å². The molecule has 5 heteroatoms. The number of furan rings is 1. The molecule has 1 aliphatic rings. The largest absolute Gasteiger partial charge is 0.465 e. The van der Waals surface area contributed by atoms with Crippen LogP contribution in [0.4, 0.5) is 5.69 Å². The molecule has 0 radical (unpaired) electrons. The van der Waals surface area contributed by atoms with Crippen LogP contribution < -0.4 is 10.2 Å². The van der Waals surface area contributed by atoms with Crippen molar-refractivity contribution in [3.05, 3.63) is 54.8 Å². The molecule has 2 aromatic rings. The summed E-state index contributed by atoms with van der Waals surface area (Å²) in [7, 11) is 0. The Morgan fingerprint density at radius 1 is 1.30 bits per heavy atom. The lowest BCUT2D eigenvalue weighted by atomic mass is 9.96. The second-order valence-electron chi connectivity index (χ2n) is 5.73. The topological polar surface area (TPSA) is 58.4 Å². The lowest BCUT2D eigenvalue weighted by molar-refractivity contribution is -0.116. The van der Waals surface area contributed by atoms with Crippen LogP contribution >= 0.6 is 0 Å². The SMILES string of the molecule is O=C(C=Cc1ccco1)NCC1CCN(c2ccncc2)CC1. The normalized spacial score (nSPS) is 15.9. The van der Waals surface area contributed by atoms with E-state index in [1.54, 1.807) is 18.4 Å². The van der Waals surface area contributed by atoms with Crippen LogP contribution in [-0.2, 0) is 4.79 Å². The molecule has 1 aliphatic heterocycles. The predicted molar refractivity (Wildman–Crippen MR) is 89.9 cm³/mol. The zero-order chi connectivity index (χ0) is 15.9. The van der Waals surface area contributed by atoms with E-state index in [2.05, 4.69) is 15.2 Å². The van der Waals surface area contributed by atoms with Gasteiger partial charge in [0.05, 0.1) is 6.26 Å². The molecule has 0 unspecified atom stereocenters. The minimum Gasteiger partial charge on any atom is -0.465 e. The maximum atomic E-state index is 11.8. The van der Waals surface area contributed by atoms with E-state index in [1.165, 1.54) is 11.8 Å². The maximum absolute atomic E-state index is 11.8. The first kappa shape index (κ1) is 15.3. The zero-order valence-corrected chi connectivity index (χ0v) is 13.0. The minimum atomic E-state index is -0.0713. The number of hydrogen-bond donors (Lipinski definition) is 1. The quantitative estimate of drug-likeness (QED) is 0.863. The number of amides is 1. The first-order valence-corrected chi connectivity index (χ1v) is 7.95. The first-order chi connectivity index (χ1) is 11.3. The van der Waals surface area contributed by atoms with E-state index in [-0.39, 0.29) is 5.91 Å². The van der Waals surface area contributed by atoms with Gasteiger partial charge in [0, 0.05) is 43.8 Å². The highest BCUT2D eigenvalue weighted by molar-refractivity contribution is 5.91. The summed E-state index contributed by atoms with van der Waals surface area (Å²) in [6.07, 6.45) is 10.6. The lowest BCUT2D eigenvalue weighted by Gasteiger charge is -2.33. The molecule has 1 fully saturated rings. The van der Waals surface area contributed by atoms with Gasteiger partial charge in [-0.25, -0.2) is 0 Å². The smallest absolute Gasteiger partial charge is 0.244 e. The van der Waals surface area contributed by atoms with Crippen LogP contribution in [0.5, 0.6) is 0 Å². The third-order valence-electron chi connectivity index (χ3n) is 4.15. The summed E-state index contributed by atoms with van der Waals surface area (Å²) in [6, 6.07) is 7.70. The minimum absolute atomic E-state index is 0.0713. The van der Waals surface area contributed by atoms with Crippen LogP contribution in [0, 0.1) is 5.92 Å². The number of piperidine rings is 1. The molecule has 0 saturated carbocycles. The average Bonchev–Trinajstić information content (AvgIpc) is 3.13. The van der Waals surface area contributed by atoms with Crippen LogP contribution in [0.1, 0.15) is 18.6 Å². The zero-order valence-electron chi connectivity index (χ0n) is 13.0. The molecule has 0 bridgehead atoms. The van der Waals surface area contributed by atoms with Gasteiger partial charge >= 0.3 is 0 Å². The van der Waals surface area contributed by atoms with E-state index < -0.39 is 0 Å². The number of aromatic nitrogens is 1. The molecule has 5 nitrogen and oxygen atoms in total. The third-order valence-corrected chi connectivity index (χ3v) is 4.15. The van der Waals surface area contributed by atoms with E-state index in [4.69, 9.17) is 4.42 Å². The van der Waals surface area contributed by atoms with E-state index >= 15 is 0 Å². The Morgan fingerprint density at radius 3 is 2.78 bits per heavy atom. The van der Waals surface area contributed by atoms with E-state index in [0.29, 0.717) is 11.7 Å². The maximum Gasteiger partial charge on any atom is 0.244 e. The van der Waals surface area contributed by atoms with Crippen molar-refractivity contribution in [2.24, 2.45) is 5.92 Å². The summed E-state index contributed by atoms with van der Waals surface area (Å²) in [4.78, 5) is 18.2. The van der Waals surface area contributed by atoms with Gasteiger partial charge in [-0.3, -0.25) is 9.78 Å². The average molecular weight is 311 g/mol. The molecule has 1 amide bonds. The summed E-state index contributed by atoms with van der Waals surface area (Å²) < 4.78 is 5.16. The van der Waals surface area contributed by atoms with Gasteiger partial charge in [-0.1, -0.05) is 0 Å². The molecular formula is C18H21N3O2. The molecular weight excluding hydrogens is 290 g/mol. The highest BCUT2D eigenvalue weighted by Gasteiger charge is 2.19. The van der Waals surface area contributed by atoms with E-state index in [1.807, 2.05) is 30.6 Å². The van der Waals surface area contributed by atoms with Gasteiger partial charge in [0.2, 0.25) is 5.91 Å². The molecule has 120 valence electrons. The fourth-order valence-electron chi connectivity index (χ4n) is 2.80. The van der Waals surface area contributed by atoms with Gasteiger partial charge in [0.1, 0.15) is 5.76 Å². The molecule has 1 N–H and O–H groups in total. The number of nitrogens with zero attached hydrogens (tertiary/aromatic N) is 2. The highest BCUT2D eigenvalue weighted by Crippen LogP contribution is 2.22. The van der Waals surface area contributed by atoms with E-state index in [9.17, 15) is 4.79 Å². The summed E-state index contributed by atoms with van der Waals surface area (Å²) in [5, 5.41) is 2.97. The van der Waals surface area contributed by atoms with Crippen molar-refractivity contribution in [3.8, 4) is 0 Å². The van der Waals surface area contributed by atoms with Crippen molar-refractivity contribution in [2.45, 2.75) is 12.8 Å². The molecule has 3 rings (SSSR count). The standard InChI is InChI=1S/C18H21N3O2/c22-18(4-3-17-2-1-13-23-17)20-14-15-7-11-21(12-8-15)16-5-9-19-10-6-16/h1-6,9-10,13,15H,7-8,11-12,14H2,(H,20,22). The molecule has 23 heavy (non-hydrogen) atoms. The van der Waals surface area contributed by atoms with Crippen molar-refractivity contribution in [3.63, 3.8) is 0 Å². The van der Waals surface area contributed by atoms with Crippen LogP contribution in [-0.4, -0.2) is 30.5 Å². The van der Waals surface area contributed by atoms with Crippen molar-refractivity contribution in [2.75, 3.05) is 24.5 Å². The number of nitrogens with one attached hydrogen (secondary N) is 1. The molecule has 0 atom stereocenters.